The summed E-state index contributed by atoms with van der Waals surface area (Å²) < 4.78 is 0. The Kier molecular flexibility index (Phi) is 3.35. The molecule has 0 bridgehead atoms. The maximum atomic E-state index is 4.51. The van der Waals surface area contributed by atoms with Gasteiger partial charge in [-0.1, -0.05) is 78.4 Å². The smallest absolute Gasteiger partial charge is 0.101 e. The van der Waals surface area contributed by atoms with Crippen molar-refractivity contribution >= 4 is 11.9 Å². The summed E-state index contributed by atoms with van der Waals surface area (Å²) in [6, 6.07) is 25.0. The number of hydrogen-bond donors (Lipinski definition) is 0. The zero-order valence-electron chi connectivity index (χ0n) is 12.9. The molecule has 0 aliphatic heterocycles. The van der Waals surface area contributed by atoms with Gasteiger partial charge in [0.2, 0.25) is 0 Å². The fourth-order valence-electron chi connectivity index (χ4n) is 2.91. The molecule has 0 N–H and O–H groups in total. The Morgan fingerprint density at radius 3 is 1.74 bits per heavy atom. The molecule has 0 spiro atoms. The third kappa shape index (κ3) is 2.49. The molecule has 0 unspecified atom stereocenters. The van der Waals surface area contributed by atoms with Crippen molar-refractivity contribution in [2.45, 2.75) is 6.92 Å². The second-order valence-electron chi connectivity index (χ2n) is 5.70. The first-order valence-corrected chi connectivity index (χ1v) is 7.70. The normalized spacial score (nSPS) is 12.3. The number of aryl methyl sites for hydroxylation is 1. The van der Waals surface area contributed by atoms with Crippen LogP contribution < -0.4 is 0 Å². The van der Waals surface area contributed by atoms with E-state index in [0.29, 0.717) is 0 Å². The quantitative estimate of drug-likeness (QED) is 0.373. The van der Waals surface area contributed by atoms with Crippen LogP contribution in [0.2, 0.25) is 0 Å². The van der Waals surface area contributed by atoms with Crippen LogP contribution in [0, 0.1) is 6.92 Å². The third-order valence-corrected chi connectivity index (χ3v) is 4.10. The van der Waals surface area contributed by atoms with Gasteiger partial charge in [0.1, 0.15) is 5.71 Å². The van der Waals surface area contributed by atoms with Gasteiger partial charge in [-0.3, -0.25) is 0 Å². The van der Waals surface area contributed by atoms with Gasteiger partial charge in [-0.2, -0.15) is 5.10 Å². The Balaban J connectivity index is 1.75. The van der Waals surface area contributed by atoms with Gasteiger partial charge in [0.25, 0.3) is 0 Å². The number of benzene rings is 3. The molecule has 0 fully saturated rings. The first kappa shape index (κ1) is 13.6. The lowest BCUT2D eigenvalue weighted by Crippen LogP contribution is -1.97. The molecule has 2 heteroatoms. The lowest BCUT2D eigenvalue weighted by atomic mass is 10.1. The molecule has 0 radical (unpaired) electrons. The first-order valence-electron chi connectivity index (χ1n) is 7.70. The lowest BCUT2D eigenvalue weighted by molar-refractivity contribution is 1.25. The maximum absolute atomic E-state index is 4.51. The standard InChI is InChI=1S/C21H16N2/c1-15-10-12-16(13-11-15)14-22-23-21-19-8-4-2-6-17(19)18-7-3-5-9-20(18)21/h2-14H,1H3/b22-14+. The SMILES string of the molecule is Cc1ccc(/C=N/N=C2c3ccccc3-c3ccccc32)cc1. The second-order valence-corrected chi connectivity index (χ2v) is 5.70. The fourth-order valence-corrected chi connectivity index (χ4v) is 2.91. The fraction of sp³-hybridized carbons (Fsp3) is 0.0476. The average Bonchev–Trinajstić information content (AvgIpc) is 2.91. The van der Waals surface area contributed by atoms with Crippen molar-refractivity contribution in [2.75, 3.05) is 0 Å². The third-order valence-electron chi connectivity index (χ3n) is 4.10. The molecule has 23 heavy (non-hydrogen) atoms. The molecule has 1 aliphatic carbocycles. The van der Waals surface area contributed by atoms with Crippen LogP contribution in [-0.4, -0.2) is 11.9 Å². The van der Waals surface area contributed by atoms with Gasteiger partial charge in [0.15, 0.2) is 0 Å². The van der Waals surface area contributed by atoms with E-state index in [4.69, 9.17) is 0 Å². The molecule has 3 aromatic rings. The van der Waals surface area contributed by atoms with Crippen molar-refractivity contribution in [3.05, 3.63) is 95.1 Å². The first-order chi connectivity index (χ1) is 11.3. The van der Waals surface area contributed by atoms with Gasteiger partial charge >= 0.3 is 0 Å². The average molecular weight is 296 g/mol. The van der Waals surface area contributed by atoms with E-state index in [1.54, 1.807) is 6.21 Å². The van der Waals surface area contributed by atoms with E-state index in [0.717, 1.165) is 22.4 Å². The Hall–Kier alpha value is -3.00. The highest BCUT2D eigenvalue weighted by atomic mass is 15.2. The minimum Gasteiger partial charge on any atom is -0.158 e. The summed E-state index contributed by atoms with van der Waals surface area (Å²) in [6.45, 7) is 2.08. The predicted molar refractivity (Wildman–Crippen MR) is 96.3 cm³/mol. The number of rotatable bonds is 2. The monoisotopic (exact) mass is 296 g/mol. The Morgan fingerprint density at radius 2 is 1.17 bits per heavy atom. The molecular weight excluding hydrogens is 280 g/mol. The van der Waals surface area contributed by atoms with Crippen LogP contribution in [0.5, 0.6) is 0 Å². The second kappa shape index (κ2) is 5.65. The van der Waals surface area contributed by atoms with Crippen molar-refractivity contribution in [1.29, 1.82) is 0 Å². The Bertz CT molecular complexity index is 871. The van der Waals surface area contributed by atoms with E-state index < -0.39 is 0 Å². The molecule has 2 nitrogen and oxygen atoms in total. The Morgan fingerprint density at radius 1 is 0.652 bits per heavy atom. The van der Waals surface area contributed by atoms with E-state index in [2.05, 4.69) is 77.8 Å². The zero-order valence-corrected chi connectivity index (χ0v) is 12.9. The summed E-state index contributed by atoms with van der Waals surface area (Å²) in [4.78, 5) is 0. The van der Waals surface area contributed by atoms with Crippen LogP contribution in [0.1, 0.15) is 22.3 Å². The molecule has 0 aromatic heterocycles. The molecule has 4 rings (SSSR count). The van der Waals surface area contributed by atoms with Crippen molar-refractivity contribution in [1.82, 2.24) is 0 Å². The molecule has 0 atom stereocenters. The summed E-state index contributed by atoms with van der Waals surface area (Å²) >= 11 is 0. The van der Waals surface area contributed by atoms with Gasteiger partial charge in [-0.25, -0.2) is 0 Å². The van der Waals surface area contributed by atoms with Gasteiger partial charge < -0.3 is 0 Å². The van der Waals surface area contributed by atoms with Crippen molar-refractivity contribution in [3.63, 3.8) is 0 Å². The highest BCUT2D eigenvalue weighted by Gasteiger charge is 2.23. The zero-order chi connectivity index (χ0) is 15.6. The molecule has 110 valence electrons. The van der Waals surface area contributed by atoms with Crippen molar-refractivity contribution < 1.29 is 0 Å². The van der Waals surface area contributed by atoms with Crippen LogP contribution in [0.15, 0.2) is 83.0 Å². The summed E-state index contributed by atoms with van der Waals surface area (Å²) in [6.07, 6.45) is 1.80. The van der Waals surface area contributed by atoms with E-state index in [-0.39, 0.29) is 0 Å². The van der Waals surface area contributed by atoms with E-state index in [1.165, 1.54) is 16.7 Å². The minimum absolute atomic E-state index is 0.944. The van der Waals surface area contributed by atoms with Crippen LogP contribution in [-0.2, 0) is 0 Å². The molecule has 3 aromatic carbocycles. The summed E-state index contributed by atoms with van der Waals surface area (Å²) in [5.41, 5.74) is 8.00. The van der Waals surface area contributed by atoms with Crippen molar-refractivity contribution in [3.8, 4) is 11.1 Å². The summed E-state index contributed by atoms with van der Waals surface area (Å²) in [7, 11) is 0. The molecule has 0 saturated heterocycles. The van der Waals surface area contributed by atoms with Crippen LogP contribution in [0.25, 0.3) is 11.1 Å². The van der Waals surface area contributed by atoms with Crippen molar-refractivity contribution in [2.24, 2.45) is 10.2 Å². The molecular formula is C21H16N2. The topological polar surface area (TPSA) is 24.7 Å². The van der Waals surface area contributed by atoms with Crippen LogP contribution in [0.3, 0.4) is 0 Å². The van der Waals surface area contributed by atoms with Gasteiger partial charge in [-0.15, -0.1) is 5.10 Å². The van der Waals surface area contributed by atoms with E-state index >= 15 is 0 Å². The highest BCUT2D eigenvalue weighted by Crippen LogP contribution is 2.36. The summed E-state index contributed by atoms with van der Waals surface area (Å²) in [5, 5.41) is 8.82. The molecule has 1 aliphatic rings. The number of nitrogens with zero attached hydrogens (tertiary/aromatic N) is 2. The number of hydrogen-bond acceptors (Lipinski definition) is 2. The van der Waals surface area contributed by atoms with Gasteiger partial charge in [0, 0.05) is 11.1 Å². The number of fused-ring (bicyclic) bond motifs is 3. The molecule has 0 heterocycles. The van der Waals surface area contributed by atoms with Crippen LogP contribution >= 0.6 is 0 Å². The predicted octanol–water partition coefficient (Wildman–Crippen LogP) is 4.85. The van der Waals surface area contributed by atoms with Gasteiger partial charge in [-0.05, 0) is 23.6 Å². The Labute approximate surface area is 135 Å². The molecule has 0 saturated carbocycles. The van der Waals surface area contributed by atoms with Gasteiger partial charge in [0.05, 0.1) is 6.21 Å². The maximum Gasteiger partial charge on any atom is 0.101 e. The molecule has 0 amide bonds. The van der Waals surface area contributed by atoms with E-state index in [9.17, 15) is 0 Å². The highest BCUT2D eigenvalue weighted by molar-refractivity contribution is 6.24. The van der Waals surface area contributed by atoms with E-state index in [1.807, 2.05) is 12.1 Å². The largest absolute Gasteiger partial charge is 0.158 e. The minimum atomic E-state index is 0.944. The lowest BCUT2D eigenvalue weighted by Gasteiger charge is -1.98. The summed E-state index contributed by atoms with van der Waals surface area (Å²) in [5.74, 6) is 0. The van der Waals surface area contributed by atoms with Crippen LogP contribution in [0.4, 0.5) is 0 Å².